The minimum absolute atomic E-state index is 0.245. The number of carbonyl (C=O) groups excluding carboxylic acids is 1. The van der Waals surface area contributed by atoms with E-state index < -0.39 is 0 Å². The molecule has 1 aliphatic rings. The van der Waals surface area contributed by atoms with Gasteiger partial charge in [-0.1, -0.05) is 34.8 Å². The van der Waals surface area contributed by atoms with Crippen LogP contribution in [0.3, 0.4) is 0 Å². The lowest BCUT2D eigenvalue weighted by Gasteiger charge is -2.09. The molecule has 1 heterocycles. The molecule has 1 aromatic carbocycles. The van der Waals surface area contributed by atoms with Crippen LogP contribution in [0.1, 0.15) is 22.4 Å². The van der Waals surface area contributed by atoms with Crippen LogP contribution in [0.5, 0.6) is 5.75 Å². The highest BCUT2D eigenvalue weighted by Gasteiger charge is 2.23. The van der Waals surface area contributed by atoms with Crippen molar-refractivity contribution in [1.29, 1.82) is 5.26 Å². The quantitative estimate of drug-likeness (QED) is 0.726. The van der Waals surface area contributed by atoms with Crippen LogP contribution in [0.15, 0.2) is 12.1 Å². The fourth-order valence-corrected chi connectivity index (χ4v) is 4.38. The van der Waals surface area contributed by atoms with Crippen LogP contribution >= 0.6 is 46.1 Å². The van der Waals surface area contributed by atoms with Crippen molar-refractivity contribution in [1.82, 2.24) is 0 Å². The van der Waals surface area contributed by atoms with Crippen LogP contribution in [-0.2, 0) is 17.6 Å². The monoisotopic (exact) mass is 400 g/mol. The standard InChI is InChI=1S/C16H11Cl3N2O2S/c17-10-4-12(19)13(5-11(10)18)23-7-15(22)21-16-9(6-20)8-2-1-3-14(8)24-16/h4-5H,1-3,7H2,(H,21,22). The van der Waals surface area contributed by atoms with Gasteiger partial charge in [-0.2, -0.15) is 5.26 Å². The van der Waals surface area contributed by atoms with Gasteiger partial charge in [0.15, 0.2) is 6.61 Å². The van der Waals surface area contributed by atoms with E-state index in [2.05, 4.69) is 11.4 Å². The summed E-state index contributed by atoms with van der Waals surface area (Å²) in [4.78, 5) is 13.3. The summed E-state index contributed by atoms with van der Waals surface area (Å²) >= 11 is 19.2. The van der Waals surface area contributed by atoms with E-state index in [4.69, 9.17) is 39.5 Å². The highest BCUT2D eigenvalue weighted by Crippen LogP contribution is 2.38. The smallest absolute Gasteiger partial charge is 0.262 e. The van der Waals surface area contributed by atoms with Crippen LogP contribution < -0.4 is 10.1 Å². The number of rotatable bonds is 4. The molecule has 0 aliphatic heterocycles. The van der Waals surface area contributed by atoms with E-state index in [1.165, 1.54) is 28.3 Å². The second-order valence-corrected chi connectivity index (χ2v) is 7.53. The third-order valence-corrected chi connectivity index (χ3v) is 5.84. The van der Waals surface area contributed by atoms with Crippen molar-refractivity contribution in [2.45, 2.75) is 19.3 Å². The van der Waals surface area contributed by atoms with Gasteiger partial charge in [-0.05, 0) is 30.9 Å². The number of carbonyl (C=O) groups is 1. The summed E-state index contributed by atoms with van der Waals surface area (Å²) in [5, 5.41) is 13.5. The summed E-state index contributed by atoms with van der Waals surface area (Å²) < 4.78 is 5.39. The predicted molar refractivity (Wildman–Crippen MR) is 96.7 cm³/mol. The number of ether oxygens (including phenoxy) is 1. The fraction of sp³-hybridized carbons (Fsp3) is 0.250. The van der Waals surface area contributed by atoms with Crippen molar-refractivity contribution in [3.8, 4) is 11.8 Å². The Kier molecular flexibility index (Phi) is 5.21. The SMILES string of the molecule is N#Cc1c(NC(=O)COc2cc(Cl)c(Cl)cc2Cl)sc2c1CCC2. The molecule has 1 aromatic heterocycles. The number of nitrogens with one attached hydrogen (secondary N) is 1. The molecule has 0 atom stereocenters. The van der Waals surface area contributed by atoms with Gasteiger partial charge in [0.05, 0.1) is 20.6 Å². The molecule has 3 rings (SSSR count). The van der Waals surface area contributed by atoms with Crippen molar-refractivity contribution in [3.05, 3.63) is 43.2 Å². The van der Waals surface area contributed by atoms with E-state index in [-0.39, 0.29) is 28.3 Å². The van der Waals surface area contributed by atoms with Gasteiger partial charge in [0.1, 0.15) is 16.8 Å². The minimum Gasteiger partial charge on any atom is -0.482 e. The molecule has 24 heavy (non-hydrogen) atoms. The highest BCUT2D eigenvalue weighted by molar-refractivity contribution is 7.16. The molecule has 0 saturated carbocycles. The zero-order valence-corrected chi connectivity index (χ0v) is 15.4. The van der Waals surface area contributed by atoms with Gasteiger partial charge in [-0.3, -0.25) is 4.79 Å². The number of thiophene rings is 1. The number of nitrogens with zero attached hydrogens (tertiary/aromatic N) is 1. The van der Waals surface area contributed by atoms with Crippen LogP contribution in [0.2, 0.25) is 15.1 Å². The van der Waals surface area contributed by atoms with Crippen molar-refractivity contribution in [2.75, 3.05) is 11.9 Å². The maximum atomic E-state index is 12.1. The molecule has 0 spiro atoms. The van der Waals surface area contributed by atoms with E-state index in [0.29, 0.717) is 15.6 Å². The molecule has 0 bridgehead atoms. The number of hydrogen-bond acceptors (Lipinski definition) is 4. The van der Waals surface area contributed by atoms with Crippen molar-refractivity contribution in [2.24, 2.45) is 0 Å². The molecule has 0 radical (unpaired) electrons. The number of halogens is 3. The van der Waals surface area contributed by atoms with Gasteiger partial charge < -0.3 is 10.1 Å². The Bertz CT molecular complexity index is 858. The zero-order valence-electron chi connectivity index (χ0n) is 12.3. The lowest BCUT2D eigenvalue weighted by molar-refractivity contribution is -0.118. The highest BCUT2D eigenvalue weighted by atomic mass is 35.5. The van der Waals surface area contributed by atoms with Crippen LogP contribution in [0, 0.1) is 11.3 Å². The Morgan fingerprint density at radius 1 is 1.25 bits per heavy atom. The summed E-state index contributed by atoms with van der Waals surface area (Å²) in [6, 6.07) is 5.09. The van der Waals surface area contributed by atoms with Gasteiger partial charge in [-0.25, -0.2) is 0 Å². The molecule has 1 aliphatic carbocycles. The van der Waals surface area contributed by atoms with E-state index >= 15 is 0 Å². The molecule has 2 aromatic rings. The first-order valence-electron chi connectivity index (χ1n) is 7.11. The number of benzene rings is 1. The van der Waals surface area contributed by atoms with Crippen molar-refractivity contribution < 1.29 is 9.53 Å². The summed E-state index contributed by atoms with van der Waals surface area (Å²) in [6.07, 6.45) is 2.91. The molecule has 1 amide bonds. The first kappa shape index (κ1) is 17.4. The first-order chi connectivity index (χ1) is 11.5. The van der Waals surface area contributed by atoms with Gasteiger partial charge >= 0.3 is 0 Å². The lowest BCUT2D eigenvalue weighted by atomic mass is 10.1. The van der Waals surface area contributed by atoms with E-state index in [1.54, 1.807) is 0 Å². The third kappa shape index (κ3) is 3.47. The Balaban J connectivity index is 1.67. The summed E-state index contributed by atoms with van der Waals surface area (Å²) in [5.41, 5.74) is 1.62. The van der Waals surface area contributed by atoms with Crippen molar-refractivity contribution >= 4 is 57.0 Å². The molecular weight excluding hydrogens is 391 g/mol. The number of anilines is 1. The predicted octanol–water partition coefficient (Wildman–Crippen LogP) is 5.09. The van der Waals surface area contributed by atoms with Crippen LogP contribution in [0.25, 0.3) is 0 Å². The number of fused-ring (bicyclic) bond motifs is 1. The Labute approximate surface area is 157 Å². The van der Waals surface area contributed by atoms with Crippen LogP contribution in [0.4, 0.5) is 5.00 Å². The number of hydrogen-bond donors (Lipinski definition) is 1. The van der Waals surface area contributed by atoms with Gasteiger partial charge in [0.2, 0.25) is 0 Å². The van der Waals surface area contributed by atoms with Gasteiger partial charge in [0, 0.05) is 10.9 Å². The lowest BCUT2D eigenvalue weighted by Crippen LogP contribution is -2.20. The second kappa shape index (κ2) is 7.20. The molecule has 0 saturated heterocycles. The van der Waals surface area contributed by atoms with Gasteiger partial charge in [0.25, 0.3) is 5.91 Å². The Morgan fingerprint density at radius 3 is 2.75 bits per heavy atom. The number of aryl methyl sites for hydroxylation is 1. The van der Waals surface area contributed by atoms with E-state index in [1.807, 2.05) is 0 Å². The normalized spacial score (nSPS) is 12.6. The van der Waals surface area contributed by atoms with Crippen LogP contribution in [-0.4, -0.2) is 12.5 Å². The second-order valence-electron chi connectivity index (χ2n) is 5.21. The largest absolute Gasteiger partial charge is 0.482 e. The van der Waals surface area contributed by atoms with Gasteiger partial charge in [-0.15, -0.1) is 11.3 Å². The zero-order chi connectivity index (χ0) is 17.3. The first-order valence-corrected chi connectivity index (χ1v) is 9.06. The Hall–Kier alpha value is -1.45. The number of amides is 1. The molecule has 4 nitrogen and oxygen atoms in total. The maximum Gasteiger partial charge on any atom is 0.262 e. The van der Waals surface area contributed by atoms with E-state index in [9.17, 15) is 10.1 Å². The molecular formula is C16H11Cl3N2O2S. The van der Waals surface area contributed by atoms with Crippen molar-refractivity contribution in [3.63, 3.8) is 0 Å². The summed E-state index contributed by atoms with van der Waals surface area (Å²) in [7, 11) is 0. The minimum atomic E-state index is -0.367. The molecule has 1 N–H and O–H groups in total. The fourth-order valence-electron chi connectivity index (χ4n) is 2.53. The molecule has 124 valence electrons. The third-order valence-electron chi connectivity index (χ3n) is 3.62. The molecule has 8 heteroatoms. The summed E-state index contributed by atoms with van der Waals surface area (Å²) in [5.74, 6) is -0.0936. The van der Waals surface area contributed by atoms with E-state index in [0.717, 1.165) is 24.8 Å². The maximum absolute atomic E-state index is 12.1. The average molecular weight is 402 g/mol. The number of nitriles is 1. The summed E-state index contributed by atoms with van der Waals surface area (Å²) in [6.45, 7) is -0.245. The topological polar surface area (TPSA) is 62.1 Å². The average Bonchev–Trinajstić information content (AvgIpc) is 3.10. The molecule has 0 fully saturated rings. The molecule has 0 unspecified atom stereocenters. The Morgan fingerprint density at radius 2 is 2.00 bits per heavy atom.